The number of carbonyl (C=O) groups is 1. The summed E-state index contributed by atoms with van der Waals surface area (Å²) in [6, 6.07) is 9.89. The molecule has 0 aliphatic carbocycles. The van der Waals surface area contributed by atoms with E-state index in [0.29, 0.717) is 17.6 Å². The van der Waals surface area contributed by atoms with E-state index in [0.717, 1.165) is 17.8 Å². The molecule has 1 aromatic heterocycles. The zero-order valence-corrected chi connectivity index (χ0v) is 15.1. The van der Waals surface area contributed by atoms with Gasteiger partial charge in [-0.25, -0.2) is 9.97 Å². The van der Waals surface area contributed by atoms with Gasteiger partial charge in [-0.3, -0.25) is 4.79 Å². The molecule has 1 amide bonds. The molecule has 0 aliphatic rings. The van der Waals surface area contributed by atoms with Crippen molar-refractivity contribution in [2.24, 2.45) is 0 Å². The van der Waals surface area contributed by atoms with Gasteiger partial charge < -0.3 is 10.6 Å². The first-order valence-corrected chi connectivity index (χ1v) is 8.43. The standard InChI is InChI=1S/C19H26N4O/c1-6-13(4)20-18(24)17-11-14(5)21-19(23-17)22-16-10-8-7-9-15(16)12(2)3/h7-13H,6H2,1-5H3,(H,20,24)(H,21,22,23). The summed E-state index contributed by atoms with van der Waals surface area (Å²) in [7, 11) is 0. The van der Waals surface area contributed by atoms with E-state index in [1.54, 1.807) is 6.07 Å². The molecule has 1 unspecified atom stereocenters. The Morgan fingerprint density at radius 2 is 1.88 bits per heavy atom. The third-order valence-corrected chi connectivity index (χ3v) is 3.91. The summed E-state index contributed by atoms with van der Waals surface area (Å²) < 4.78 is 0. The van der Waals surface area contributed by atoms with Gasteiger partial charge in [0.25, 0.3) is 5.91 Å². The highest BCUT2D eigenvalue weighted by molar-refractivity contribution is 5.92. The largest absolute Gasteiger partial charge is 0.348 e. The van der Waals surface area contributed by atoms with Gasteiger partial charge in [0.15, 0.2) is 0 Å². The highest BCUT2D eigenvalue weighted by Gasteiger charge is 2.14. The van der Waals surface area contributed by atoms with E-state index in [9.17, 15) is 4.79 Å². The Kier molecular flexibility index (Phi) is 5.90. The number of nitrogens with one attached hydrogen (secondary N) is 2. The first-order valence-electron chi connectivity index (χ1n) is 8.43. The SMILES string of the molecule is CCC(C)NC(=O)c1cc(C)nc(Nc2ccccc2C(C)C)n1. The molecule has 1 heterocycles. The highest BCUT2D eigenvalue weighted by atomic mass is 16.1. The Morgan fingerprint density at radius 1 is 1.17 bits per heavy atom. The monoisotopic (exact) mass is 326 g/mol. The van der Waals surface area contributed by atoms with Crippen molar-refractivity contribution < 1.29 is 4.79 Å². The summed E-state index contributed by atoms with van der Waals surface area (Å²) in [4.78, 5) is 21.1. The highest BCUT2D eigenvalue weighted by Crippen LogP contribution is 2.25. The minimum Gasteiger partial charge on any atom is -0.348 e. The first kappa shape index (κ1) is 17.9. The van der Waals surface area contributed by atoms with E-state index in [-0.39, 0.29) is 11.9 Å². The molecule has 5 nitrogen and oxygen atoms in total. The molecule has 0 fully saturated rings. The molecular weight excluding hydrogens is 300 g/mol. The Bertz CT molecular complexity index is 712. The zero-order chi connectivity index (χ0) is 17.7. The van der Waals surface area contributed by atoms with E-state index < -0.39 is 0 Å². The number of benzene rings is 1. The van der Waals surface area contributed by atoms with Gasteiger partial charge >= 0.3 is 0 Å². The summed E-state index contributed by atoms with van der Waals surface area (Å²) in [5.41, 5.74) is 3.29. The van der Waals surface area contributed by atoms with E-state index >= 15 is 0 Å². The van der Waals surface area contributed by atoms with Crippen LogP contribution in [0.4, 0.5) is 11.6 Å². The van der Waals surface area contributed by atoms with Crippen LogP contribution in [0.25, 0.3) is 0 Å². The summed E-state index contributed by atoms with van der Waals surface area (Å²) in [6.07, 6.45) is 0.878. The number of rotatable bonds is 6. The maximum Gasteiger partial charge on any atom is 0.270 e. The van der Waals surface area contributed by atoms with E-state index in [4.69, 9.17) is 0 Å². The molecule has 0 saturated heterocycles. The van der Waals surface area contributed by atoms with Crippen LogP contribution in [0.2, 0.25) is 0 Å². The van der Waals surface area contributed by atoms with E-state index in [1.165, 1.54) is 5.56 Å². The fourth-order valence-corrected chi connectivity index (χ4v) is 2.38. The number of nitrogens with zero attached hydrogens (tertiary/aromatic N) is 2. The van der Waals surface area contributed by atoms with E-state index in [2.05, 4.69) is 40.5 Å². The van der Waals surface area contributed by atoms with Gasteiger partial charge in [-0.05, 0) is 43.9 Å². The fraction of sp³-hybridized carbons (Fsp3) is 0.421. The number of carbonyl (C=O) groups excluding carboxylic acids is 1. The summed E-state index contributed by atoms with van der Waals surface area (Å²) in [5.74, 6) is 0.652. The quantitative estimate of drug-likeness (QED) is 0.835. The number of aromatic nitrogens is 2. The Morgan fingerprint density at radius 3 is 2.54 bits per heavy atom. The molecule has 0 aliphatic heterocycles. The maximum absolute atomic E-state index is 12.3. The minimum atomic E-state index is -0.171. The summed E-state index contributed by atoms with van der Waals surface area (Å²) in [6.45, 7) is 10.2. The van der Waals surface area contributed by atoms with E-state index in [1.807, 2.05) is 39.0 Å². The van der Waals surface area contributed by atoms with Crippen LogP contribution in [-0.2, 0) is 0 Å². The Labute approximate surface area is 143 Å². The average molecular weight is 326 g/mol. The van der Waals surface area contributed by atoms with Gasteiger partial charge in [0.1, 0.15) is 5.69 Å². The molecule has 2 N–H and O–H groups in total. The third kappa shape index (κ3) is 4.54. The molecule has 1 atom stereocenters. The summed E-state index contributed by atoms with van der Waals surface area (Å²) >= 11 is 0. The number of hydrogen-bond acceptors (Lipinski definition) is 4. The van der Waals surface area contributed by atoms with Gasteiger partial charge in [-0.15, -0.1) is 0 Å². The predicted molar refractivity (Wildman–Crippen MR) is 97.8 cm³/mol. The molecule has 24 heavy (non-hydrogen) atoms. The second-order valence-electron chi connectivity index (χ2n) is 6.37. The van der Waals surface area contributed by atoms with Crippen LogP contribution in [0.3, 0.4) is 0 Å². The molecule has 2 rings (SSSR count). The molecule has 0 radical (unpaired) electrons. The molecule has 2 aromatic rings. The van der Waals surface area contributed by atoms with Crippen LogP contribution in [0.5, 0.6) is 0 Å². The lowest BCUT2D eigenvalue weighted by Gasteiger charge is -2.15. The fourth-order valence-electron chi connectivity index (χ4n) is 2.38. The first-order chi connectivity index (χ1) is 11.4. The normalized spacial score (nSPS) is 12.1. The van der Waals surface area contributed by atoms with Crippen molar-refractivity contribution in [1.29, 1.82) is 0 Å². The smallest absolute Gasteiger partial charge is 0.270 e. The number of para-hydroxylation sites is 1. The van der Waals surface area contributed by atoms with Crippen LogP contribution in [0.1, 0.15) is 61.8 Å². The predicted octanol–water partition coefficient (Wildman–Crippen LogP) is 4.18. The van der Waals surface area contributed by atoms with Crippen molar-refractivity contribution in [1.82, 2.24) is 15.3 Å². The van der Waals surface area contributed by atoms with Crippen molar-refractivity contribution in [2.75, 3.05) is 5.32 Å². The zero-order valence-electron chi connectivity index (χ0n) is 15.1. The minimum absolute atomic E-state index is 0.117. The summed E-state index contributed by atoms with van der Waals surface area (Å²) in [5, 5.41) is 6.19. The molecule has 128 valence electrons. The van der Waals surface area contributed by atoms with Crippen molar-refractivity contribution in [3.63, 3.8) is 0 Å². The average Bonchev–Trinajstić information content (AvgIpc) is 2.54. The maximum atomic E-state index is 12.3. The van der Waals surface area contributed by atoms with Gasteiger partial charge in [0.2, 0.25) is 5.95 Å². The van der Waals surface area contributed by atoms with Crippen LogP contribution in [0.15, 0.2) is 30.3 Å². The third-order valence-electron chi connectivity index (χ3n) is 3.91. The Balaban J connectivity index is 2.28. The lowest BCUT2D eigenvalue weighted by atomic mass is 10.0. The molecule has 5 heteroatoms. The Hall–Kier alpha value is -2.43. The van der Waals surface area contributed by atoms with Gasteiger partial charge in [0.05, 0.1) is 0 Å². The van der Waals surface area contributed by atoms with Crippen molar-refractivity contribution >= 4 is 17.5 Å². The molecule has 1 aromatic carbocycles. The van der Waals surface area contributed by atoms with Gasteiger partial charge in [-0.2, -0.15) is 0 Å². The second kappa shape index (κ2) is 7.90. The van der Waals surface area contributed by atoms with Crippen LogP contribution >= 0.6 is 0 Å². The second-order valence-corrected chi connectivity index (χ2v) is 6.37. The van der Waals surface area contributed by atoms with Crippen LogP contribution < -0.4 is 10.6 Å². The van der Waals surface area contributed by atoms with Gasteiger partial charge in [-0.1, -0.05) is 39.0 Å². The lowest BCUT2D eigenvalue weighted by Crippen LogP contribution is -2.32. The van der Waals surface area contributed by atoms with Crippen molar-refractivity contribution in [2.45, 2.75) is 53.0 Å². The lowest BCUT2D eigenvalue weighted by molar-refractivity contribution is 0.0934. The molecule has 0 saturated carbocycles. The van der Waals surface area contributed by atoms with Crippen molar-refractivity contribution in [3.05, 3.63) is 47.3 Å². The van der Waals surface area contributed by atoms with Crippen molar-refractivity contribution in [3.8, 4) is 0 Å². The number of anilines is 2. The van der Waals surface area contributed by atoms with Crippen LogP contribution in [-0.4, -0.2) is 21.9 Å². The van der Waals surface area contributed by atoms with Gasteiger partial charge in [0, 0.05) is 17.4 Å². The number of hydrogen-bond donors (Lipinski definition) is 2. The molecule has 0 bridgehead atoms. The topological polar surface area (TPSA) is 66.9 Å². The molecule has 0 spiro atoms. The molecular formula is C19H26N4O. The van der Waals surface area contributed by atoms with Crippen LogP contribution in [0, 0.1) is 6.92 Å². The number of aryl methyl sites for hydroxylation is 1. The number of amides is 1.